The van der Waals surface area contributed by atoms with Gasteiger partial charge >= 0.3 is 12.1 Å². The van der Waals surface area contributed by atoms with Gasteiger partial charge in [-0.3, -0.25) is 19.2 Å². The van der Waals surface area contributed by atoms with E-state index in [1.54, 1.807) is 30.3 Å². The second kappa shape index (κ2) is 14.7. The van der Waals surface area contributed by atoms with Crippen molar-refractivity contribution in [2.45, 2.75) is 51.2 Å². The summed E-state index contributed by atoms with van der Waals surface area (Å²) in [6.07, 6.45) is 1.09. The summed E-state index contributed by atoms with van der Waals surface area (Å²) in [6, 6.07) is 17.6. The van der Waals surface area contributed by atoms with Gasteiger partial charge in [0.15, 0.2) is 17.7 Å². The molecule has 3 rings (SSSR count). The lowest BCUT2D eigenvalue weighted by molar-refractivity contribution is -0.158. The molecule has 1 aliphatic rings. The van der Waals surface area contributed by atoms with Crippen LogP contribution in [0.3, 0.4) is 0 Å². The van der Waals surface area contributed by atoms with Crippen LogP contribution in [-0.2, 0) is 41.5 Å². The molecule has 1 heterocycles. The van der Waals surface area contributed by atoms with Gasteiger partial charge in [0.05, 0.1) is 12.0 Å². The number of amides is 2. The van der Waals surface area contributed by atoms with Crippen molar-refractivity contribution < 1.29 is 38.6 Å². The van der Waals surface area contributed by atoms with Crippen LogP contribution in [0.2, 0.25) is 0 Å². The van der Waals surface area contributed by atoms with Crippen molar-refractivity contribution in [1.82, 2.24) is 4.90 Å². The van der Waals surface area contributed by atoms with Gasteiger partial charge in [-0.2, -0.15) is 0 Å². The first-order valence-corrected chi connectivity index (χ1v) is 12.9. The van der Waals surface area contributed by atoms with E-state index in [0.29, 0.717) is 24.8 Å². The number of benzene rings is 2. The Hall–Kier alpha value is -4.11. The van der Waals surface area contributed by atoms with Crippen molar-refractivity contribution in [2.75, 3.05) is 13.2 Å². The summed E-state index contributed by atoms with van der Waals surface area (Å²) in [5.74, 6) is -3.82. The van der Waals surface area contributed by atoms with Gasteiger partial charge in [-0.15, -0.1) is 0 Å². The van der Waals surface area contributed by atoms with E-state index in [1.807, 2.05) is 30.3 Å². The number of ether oxygens (including phenoxy) is 2. The van der Waals surface area contributed by atoms with Crippen LogP contribution < -0.4 is 0 Å². The molecule has 0 bridgehead atoms. The molecule has 0 saturated carbocycles. The van der Waals surface area contributed by atoms with Crippen molar-refractivity contribution in [1.29, 1.82) is 0 Å². The van der Waals surface area contributed by atoms with Crippen LogP contribution in [0.15, 0.2) is 72.8 Å². The Bertz CT molecular complexity index is 1180. The molecule has 0 aliphatic carbocycles. The van der Waals surface area contributed by atoms with Crippen LogP contribution in [0, 0.1) is 5.92 Å². The standard InChI is InChI=1S/C30H33NO8/c1-21(33)39-28(27(35)16-15-25(34)14-8-9-17-32)26(19-23-12-6-3-7-13-23)29(36)31-24(20-38-30(31)37)18-22-10-4-2-5-11-22/h2-7,10-13,15-16,24,26,28,32H,8-9,14,17-20H2,1H3. The lowest BCUT2D eigenvalue weighted by Gasteiger charge is -2.29. The average molecular weight is 536 g/mol. The van der Waals surface area contributed by atoms with Gasteiger partial charge in [0.1, 0.15) is 6.61 Å². The van der Waals surface area contributed by atoms with E-state index in [2.05, 4.69) is 0 Å². The molecule has 1 aliphatic heterocycles. The topological polar surface area (TPSA) is 127 Å². The quantitative estimate of drug-likeness (QED) is 0.222. The Labute approximate surface area is 227 Å². The smallest absolute Gasteiger partial charge is 0.416 e. The zero-order chi connectivity index (χ0) is 28.2. The van der Waals surface area contributed by atoms with Crippen molar-refractivity contribution >= 4 is 29.5 Å². The first kappa shape index (κ1) is 29.4. The molecule has 3 atom stereocenters. The minimum Gasteiger partial charge on any atom is -0.453 e. The molecule has 0 radical (unpaired) electrons. The predicted molar refractivity (Wildman–Crippen MR) is 141 cm³/mol. The van der Waals surface area contributed by atoms with E-state index in [4.69, 9.17) is 14.6 Å². The summed E-state index contributed by atoms with van der Waals surface area (Å²) in [7, 11) is 0. The van der Waals surface area contributed by atoms with Crippen LogP contribution in [0.4, 0.5) is 4.79 Å². The number of hydrogen-bond donors (Lipinski definition) is 1. The molecule has 2 aromatic rings. The summed E-state index contributed by atoms with van der Waals surface area (Å²) in [6.45, 7) is 1.07. The minimum absolute atomic E-state index is 0.00346. The summed E-state index contributed by atoms with van der Waals surface area (Å²) in [5.41, 5.74) is 1.59. The lowest BCUT2D eigenvalue weighted by Crippen LogP contribution is -2.49. The molecular formula is C30H33NO8. The van der Waals surface area contributed by atoms with Crippen LogP contribution in [-0.4, -0.2) is 64.9 Å². The fraction of sp³-hybridized carbons (Fsp3) is 0.367. The molecule has 0 aromatic heterocycles. The third-order valence-electron chi connectivity index (χ3n) is 6.33. The number of rotatable bonds is 14. The van der Waals surface area contributed by atoms with Crippen LogP contribution in [0.1, 0.15) is 37.3 Å². The Morgan fingerprint density at radius 2 is 1.64 bits per heavy atom. The molecule has 3 unspecified atom stereocenters. The molecule has 9 heteroatoms. The first-order chi connectivity index (χ1) is 18.8. The summed E-state index contributed by atoms with van der Waals surface area (Å²) >= 11 is 0. The zero-order valence-electron chi connectivity index (χ0n) is 21.9. The summed E-state index contributed by atoms with van der Waals surface area (Å²) in [5, 5.41) is 8.90. The highest BCUT2D eigenvalue weighted by Crippen LogP contribution is 2.26. The number of cyclic esters (lactones) is 1. The van der Waals surface area contributed by atoms with Gasteiger partial charge < -0.3 is 14.6 Å². The van der Waals surface area contributed by atoms with Crippen molar-refractivity contribution in [2.24, 2.45) is 5.92 Å². The van der Waals surface area contributed by atoms with Gasteiger partial charge in [0.25, 0.3) is 0 Å². The number of allylic oxidation sites excluding steroid dienone is 1. The molecule has 206 valence electrons. The van der Waals surface area contributed by atoms with Crippen molar-refractivity contribution in [3.05, 3.63) is 83.9 Å². The summed E-state index contributed by atoms with van der Waals surface area (Å²) < 4.78 is 10.6. The fourth-order valence-electron chi connectivity index (χ4n) is 4.42. The number of nitrogens with zero attached hydrogens (tertiary/aromatic N) is 1. The predicted octanol–water partition coefficient (Wildman–Crippen LogP) is 3.22. The van der Waals surface area contributed by atoms with Crippen LogP contribution >= 0.6 is 0 Å². The van der Waals surface area contributed by atoms with Gasteiger partial charge in [-0.1, -0.05) is 60.7 Å². The van der Waals surface area contributed by atoms with Crippen molar-refractivity contribution in [3.63, 3.8) is 0 Å². The van der Waals surface area contributed by atoms with Gasteiger partial charge in [0.2, 0.25) is 5.91 Å². The number of aliphatic hydroxyl groups is 1. The molecule has 1 saturated heterocycles. The Morgan fingerprint density at radius 1 is 1.00 bits per heavy atom. The van der Waals surface area contributed by atoms with Gasteiger partial charge in [0, 0.05) is 20.0 Å². The maximum atomic E-state index is 14.0. The average Bonchev–Trinajstić information content (AvgIpc) is 3.29. The number of carbonyl (C=O) groups excluding carboxylic acids is 5. The Kier molecular flexibility index (Phi) is 11.1. The number of ketones is 2. The molecule has 2 aromatic carbocycles. The third kappa shape index (κ3) is 8.71. The van der Waals surface area contributed by atoms with Crippen molar-refractivity contribution in [3.8, 4) is 0 Å². The Balaban J connectivity index is 1.91. The number of carbonyl (C=O) groups is 5. The molecular weight excluding hydrogens is 502 g/mol. The molecule has 1 fully saturated rings. The number of esters is 1. The van der Waals surface area contributed by atoms with E-state index in [1.165, 1.54) is 0 Å². The zero-order valence-corrected chi connectivity index (χ0v) is 21.9. The highest BCUT2D eigenvalue weighted by Gasteiger charge is 2.45. The SMILES string of the molecule is CC(=O)OC(C(=O)C=CC(=O)CCCCO)C(Cc1ccccc1)C(=O)N1C(=O)OCC1Cc1ccccc1. The number of imide groups is 1. The fourth-order valence-corrected chi connectivity index (χ4v) is 4.42. The highest BCUT2D eigenvalue weighted by molar-refractivity contribution is 6.04. The molecule has 9 nitrogen and oxygen atoms in total. The Morgan fingerprint density at radius 3 is 2.26 bits per heavy atom. The maximum Gasteiger partial charge on any atom is 0.416 e. The normalized spacial score (nSPS) is 16.5. The summed E-state index contributed by atoms with van der Waals surface area (Å²) in [4.78, 5) is 65.2. The van der Waals surface area contributed by atoms with Gasteiger partial charge in [-0.05, 0) is 49.0 Å². The van der Waals surface area contributed by atoms with E-state index in [9.17, 15) is 24.0 Å². The highest BCUT2D eigenvalue weighted by atomic mass is 16.6. The van der Waals surface area contributed by atoms with Crippen LogP contribution in [0.5, 0.6) is 0 Å². The monoisotopic (exact) mass is 535 g/mol. The van der Waals surface area contributed by atoms with E-state index in [-0.39, 0.29) is 31.8 Å². The van der Waals surface area contributed by atoms with E-state index in [0.717, 1.165) is 29.5 Å². The molecule has 2 amide bonds. The van der Waals surface area contributed by atoms with E-state index < -0.39 is 41.8 Å². The van der Waals surface area contributed by atoms with Gasteiger partial charge in [-0.25, -0.2) is 9.69 Å². The number of unbranched alkanes of at least 4 members (excludes halogenated alkanes) is 1. The third-order valence-corrected chi connectivity index (χ3v) is 6.33. The van der Waals surface area contributed by atoms with E-state index >= 15 is 0 Å². The second-order valence-corrected chi connectivity index (χ2v) is 9.34. The molecule has 0 spiro atoms. The molecule has 39 heavy (non-hydrogen) atoms. The maximum absolute atomic E-state index is 14.0. The number of hydrogen-bond acceptors (Lipinski definition) is 8. The lowest BCUT2D eigenvalue weighted by atomic mass is 9.89. The largest absolute Gasteiger partial charge is 0.453 e. The number of aliphatic hydroxyl groups excluding tert-OH is 1. The second-order valence-electron chi connectivity index (χ2n) is 9.34. The molecule has 1 N–H and O–H groups in total. The minimum atomic E-state index is -1.57. The first-order valence-electron chi connectivity index (χ1n) is 12.9. The van der Waals surface area contributed by atoms with Crippen LogP contribution in [0.25, 0.3) is 0 Å².